The van der Waals surface area contributed by atoms with Crippen molar-refractivity contribution in [2.24, 2.45) is 5.92 Å². The molecule has 9 nitrogen and oxygen atoms in total. The minimum atomic E-state index is -0.754. The van der Waals surface area contributed by atoms with E-state index in [2.05, 4.69) is 37.7 Å². The second kappa shape index (κ2) is 10.3. The minimum Gasteiger partial charge on any atom is -0.385 e. The van der Waals surface area contributed by atoms with Gasteiger partial charge in [0, 0.05) is 37.5 Å². The number of nitrogens with zero attached hydrogens (tertiary/aromatic N) is 5. The monoisotopic (exact) mass is 425 g/mol. The number of carbonyl (C=O) groups is 1. The topological polar surface area (TPSA) is 117 Å². The summed E-state index contributed by atoms with van der Waals surface area (Å²) in [7, 11) is 0. The number of aliphatic hydroxyl groups is 1. The average molecular weight is 426 g/mol. The van der Waals surface area contributed by atoms with Crippen LogP contribution in [0.1, 0.15) is 67.4 Å². The summed E-state index contributed by atoms with van der Waals surface area (Å²) in [6.45, 7) is 8.89. The van der Waals surface area contributed by atoms with E-state index in [1.54, 1.807) is 22.7 Å². The first-order chi connectivity index (χ1) is 14.9. The molecule has 0 aliphatic rings. The molecular formula is C22H31N7O2. The van der Waals surface area contributed by atoms with Crippen LogP contribution in [-0.4, -0.2) is 48.7 Å². The highest BCUT2D eigenvalue weighted by atomic mass is 16.3. The molecule has 1 amide bonds. The van der Waals surface area contributed by atoms with Crippen LogP contribution in [0, 0.1) is 12.8 Å². The van der Waals surface area contributed by atoms with Crippen molar-refractivity contribution in [3.05, 3.63) is 47.3 Å². The van der Waals surface area contributed by atoms with Crippen LogP contribution >= 0.6 is 0 Å². The van der Waals surface area contributed by atoms with Crippen molar-refractivity contribution in [3.63, 3.8) is 0 Å². The van der Waals surface area contributed by atoms with Crippen molar-refractivity contribution < 1.29 is 9.90 Å². The fraction of sp³-hybridized carbons (Fsp3) is 0.500. The Labute approximate surface area is 182 Å². The van der Waals surface area contributed by atoms with Gasteiger partial charge in [0.25, 0.3) is 5.91 Å². The number of aryl methyl sites for hydroxylation is 2. The van der Waals surface area contributed by atoms with Gasteiger partial charge in [0.15, 0.2) is 11.5 Å². The van der Waals surface area contributed by atoms with Crippen molar-refractivity contribution in [2.75, 3.05) is 18.4 Å². The van der Waals surface area contributed by atoms with Gasteiger partial charge in [-0.15, -0.1) is 10.2 Å². The van der Waals surface area contributed by atoms with Crippen molar-refractivity contribution in [1.82, 2.24) is 29.9 Å². The molecule has 0 radical (unpaired) electrons. The SMILES string of the molecule is CCCCc1nc(C)cc(NCCNC(=O)c2ccc3nnc(C(O)C(C)C)n3c2)n1. The number of fused-ring (bicyclic) bond motifs is 1. The third-order valence-electron chi connectivity index (χ3n) is 4.96. The Balaban J connectivity index is 1.58. The molecule has 1 unspecified atom stereocenters. The average Bonchev–Trinajstić information content (AvgIpc) is 3.17. The van der Waals surface area contributed by atoms with E-state index in [4.69, 9.17) is 0 Å². The zero-order chi connectivity index (χ0) is 22.4. The second-order valence-corrected chi connectivity index (χ2v) is 7.99. The molecule has 0 saturated carbocycles. The molecule has 3 heterocycles. The fourth-order valence-corrected chi connectivity index (χ4v) is 3.18. The summed E-state index contributed by atoms with van der Waals surface area (Å²) in [5.41, 5.74) is 1.99. The van der Waals surface area contributed by atoms with Gasteiger partial charge in [0.1, 0.15) is 17.7 Å². The van der Waals surface area contributed by atoms with Gasteiger partial charge >= 0.3 is 0 Å². The van der Waals surface area contributed by atoms with Crippen LogP contribution < -0.4 is 10.6 Å². The van der Waals surface area contributed by atoms with E-state index < -0.39 is 6.10 Å². The number of nitrogens with one attached hydrogen (secondary N) is 2. The first-order valence-electron chi connectivity index (χ1n) is 10.8. The van der Waals surface area contributed by atoms with Gasteiger partial charge in [0.05, 0.1) is 5.56 Å². The number of aromatic nitrogens is 5. The Kier molecular flexibility index (Phi) is 7.51. The van der Waals surface area contributed by atoms with Crippen LogP contribution in [0.2, 0.25) is 0 Å². The lowest BCUT2D eigenvalue weighted by molar-refractivity contribution is 0.0954. The lowest BCUT2D eigenvalue weighted by Gasteiger charge is -2.13. The fourth-order valence-electron chi connectivity index (χ4n) is 3.18. The third-order valence-corrected chi connectivity index (χ3v) is 4.96. The summed E-state index contributed by atoms with van der Waals surface area (Å²) in [6, 6.07) is 5.32. The second-order valence-electron chi connectivity index (χ2n) is 7.99. The molecule has 3 N–H and O–H groups in total. The van der Waals surface area contributed by atoms with E-state index in [1.807, 2.05) is 26.8 Å². The maximum absolute atomic E-state index is 12.6. The van der Waals surface area contributed by atoms with Crippen LogP contribution in [0.25, 0.3) is 5.65 Å². The lowest BCUT2D eigenvalue weighted by atomic mass is 10.1. The van der Waals surface area contributed by atoms with E-state index >= 15 is 0 Å². The molecule has 0 aliphatic heterocycles. The zero-order valence-corrected chi connectivity index (χ0v) is 18.6. The van der Waals surface area contributed by atoms with Gasteiger partial charge in [-0.1, -0.05) is 27.2 Å². The van der Waals surface area contributed by atoms with Gasteiger partial charge in [-0.2, -0.15) is 0 Å². The number of rotatable bonds is 10. The summed E-state index contributed by atoms with van der Waals surface area (Å²) in [5.74, 6) is 1.83. The zero-order valence-electron chi connectivity index (χ0n) is 18.6. The van der Waals surface area contributed by atoms with Gasteiger partial charge < -0.3 is 15.7 Å². The molecule has 31 heavy (non-hydrogen) atoms. The first-order valence-corrected chi connectivity index (χ1v) is 10.8. The molecular weight excluding hydrogens is 394 g/mol. The van der Waals surface area contributed by atoms with E-state index in [-0.39, 0.29) is 11.8 Å². The first kappa shape index (κ1) is 22.6. The molecule has 3 aromatic rings. The molecule has 0 saturated heterocycles. The van der Waals surface area contributed by atoms with Crippen molar-refractivity contribution in [2.45, 2.75) is 53.1 Å². The Hall–Kier alpha value is -3.07. The highest BCUT2D eigenvalue weighted by Crippen LogP contribution is 2.20. The molecule has 3 aromatic heterocycles. The molecule has 0 aromatic carbocycles. The normalized spacial score (nSPS) is 12.3. The van der Waals surface area contributed by atoms with E-state index in [0.29, 0.717) is 30.1 Å². The summed E-state index contributed by atoms with van der Waals surface area (Å²) < 4.78 is 1.67. The Morgan fingerprint density at radius 1 is 1.19 bits per heavy atom. The predicted molar refractivity (Wildman–Crippen MR) is 119 cm³/mol. The summed E-state index contributed by atoms with van der Waals surface area (Å²) in [6.07, 6.45) is 3.93. The van der Waals surface area contributed by atoms with Crippen LogP contribution in [0.15, 0.2) is 24.4 Å². The van der Waals surface area contributed by atoms with Crippen LogP contribution in [0.5, 0.6) is 0 Å². The number of hydrogen-bond donors (Lipinski definition) is 3. The molecule has 3 rings (SSSR count). The van der Waals surface area contributed by atoms with Gasteiger partial charge in [-0.25, -0.2) is 9.97 Å². The standard InChI is InChI=1S/C22H31N7O2/c1-5-6-7-17-25-15(4)12-18(26-17)23-10-11-24-22(31)16-8-9-19-27-28-21(29(19)13-16)20(30)14(2)3/h8-9,12-14,20,30H,5-7,10-11H2,1-4H3,(H,24,31)(H,23,25,26). The molecule has 0 spiro atoms. The Bertz CT molecular complexity index is 1030. The quantitative estimate of drug-likeness (QED) is 0.428. The van der Waals surface area contributed by atoms with Gasteiger partial charge in [-0.05, 0) is 31.4 Å². The van der Waals surface area contributed by atoms with E-state index in [9.17, 15) is 9.90 Å². The summed E-state index contributed by atoms with van der Waals surface area (Å²) >= 11 is 0. The van der Waals surface area contributed by atoms with Crippen LogP contribution in [-0.2, 0) is 6.42 Å². The molecule has 0 bridgehead atoms. The Morgan fingerprint density at radius 3 is 2.74 bits per heavy atom. The molecule has 1 atom stereocenters. The number of aliphatic hydroxyl groups excluding tert-OH is 1. The van der Waals surface area contributed by atoms with Gasteiger partial charge in [0.2, 0.25) is 0 Å². The summed E-state index contributed by atoms with van der Waals surface area (Å²) in [5, 5.41) is 24.6. The largest absolute Gasteiger partial charge is 0.385 e. The maximum atomic E-state index is 12.6. The predicted octanol–water partition coefficient (Wildman–Crippen LogP) is 2.70. The van der Waals surface area contributed by atoms with E-state index in [1.165, 1.54) is 0 Å². The highest BCUT2D eigenvalue weighted by Gasteiger charge is 2.19. The van der Waals surface area contributed by atoms with Crippen LogP contribution in [0.3, 0.4) is 0 Å². The molecule has 0 fully saturated rings. The number of pyridine rings is 1. The van der Waals surface area contributed by atoms with Gasteiger partial charge in [-0.3, -0.25) is 9.20 Å². The number of hydrogen-bond acceptors (Lipinski definition) is 7. The number of unbranched alkanes of at least 4 members (excludes halogenated alkanes) is 1. The number of carbonyl (C=O) groups excluding carboxylic acids is 1. The smallest absolute Gasteiger partial charge is 0.252 e. The van der Waals surface area contributed by atoms with Crippen molar-refractivity contribution in [3.8, 4) is 0 Å². The highest BCUT2D eigenvalue weighted by molar-refractivity contribution is 5.94. The molecule has 166 valence electrons. The lowest BCUT2D eigenvalue weighted by Crippen LogP contribution is -2.29. The van der Waals surface area contributed by atoms with Crippen molar-refractivity contribution >= 4 is 17.4 Å². The molecule has 0 aliphatic carbocycles. The van der Waals surface area contributed by atoms with E-state index in [0.717, 1.165) is 36.6 Å². The number of anilines is 1. The summed E-state index contributed by atoms with van der Waals surface area (Å²) in [4.78, 5) is 21.6. The third kappa shape index (κ3) is 5.75. The molecule has 9 heteroatoms. The maximum Gasteiger partial charge on any atom is 0.252 e. The number of amides is 1. The van der Waals surface area contributed by atoms with Crippen molar-refractivity contribution in [1.29, 1.82) is 0 Å². The Morgan fingerprint density at radius 2 is 2.00 bits per heavy atom. The minimum absolute atomic E-state index is 0.0103. The van der Waals surface area contributed by atoms with Crippen LogP contribution in [0.4, 0.5) is 5.82 Å².